The number of ketones is 1. The highest BCUT2D eigenvalue weighted by atomic mass is 16.5. The molecule has 2 N–H and O–H groups in total. The average Bonchev–Trinajstić information content (AvgIpc) is 2.99. The largest absolute Gasteiger partial charge is 0.492 e. The molecule has 0 saturated carbocycles. The van der Waals surface area contributed by atoms with Gasteiger partial charge in [-0.15, -0.1) is 0 Å². The fourth-order valence-electron chi connectivity index (χ4n) is 2.60. The summed E-state index contributed by atoms with van der Waals surface area (Å²) in [5.74, 6) is 1.04. The molecule has 1 aromatic heterocycles. The molecular formula is C19H18N2O4. The average molecular weight is 338 g/mol. The lowest BCUT2D eigenvalue weighted by Gasteiger charge is -2.11. The third-order valence-electron chi connectivity index (χ3n) is 3.73. The predicted molar refractivity (Wildman–Crippen MR) is 96.4 cm³/mol. The summed E-state index contributed by atoms with van der Waals surface area (Å²) in [4.78, 5) is 29.0. The Hall–Kier alpha value is -3.28. The second kappa shape index (κ2) is 7.09. The number of fused-ring (bicyclic) bond motifs is 1. The van der Waals surface area contributed by atoms with Crippen LogP contribution in [0.5, 0.6) is 11.5 Å². The van der Waals surface area contributed by atoms with Crippen molar-refractivity contribution in [3.63, 3.8) is 0 Å². The molecule has 3 aromatic rings. The second-order valence-corrected chi connectivity index (χ2v) is 5.35. The summed E-state index contributed by atoms with van der Waals surface area (Å²) in [6, 6.07) is 10.5. The zero-order valence-electron chi connectivity index (χ0n) is 14.0. The van der Waals surface area contributed by atoms with Crippen LogP contribution in [-0.2, 0) is 0 Å². The molecule has 0 aliphatic heterocycles. The standard InChI is InChI=1S/C19H18N2O4/c1-3-25-17-6-4-5-12(18(17)24-2)8-10-16(22)13-7-9-14-15(11-13)21-19(23)20-14/h4-11H,3H2,1-2H3,(H2,20,21,23). The Morgan fingerprint density at radius 3 is 2.72 bits per heavy atom. The third kappa shape index (κ3) is 3.47. The van der Waals surface area contributed by atoms with Crippen molar-refractivity contribution < 1.29 is 14.3 Å². The highest BCUT2D eigenvalue weighted by Gasteiger charge is 2.09. The number of rotatable bonds is 6. The van der Waals surface area contributed by atoms with E-state index in [2.05, 4.69) is 9.97 Å². The lowest BCUT2D eigenvalue weighted by molar-refractivity contribution is 0.104. The van der Waals surface area contributed by atoms with Crippen LogP contribution in [0.3, 0.4) is 0 Å². The van der Waals surface area contributed by atoms with Gasteiger partial charge in [0.1, 0.15) is 0 Å². The van der Waals surface area contributed by atoms with Gasteiger partial charge in [-0.3, -0.25) is 4.79 Å². The summed E-state index contributed by atoms with van der Waals surface area (Å²) >= 11 is 0. The minimum Gasteiger partial charge on any atom is -0.492 e. The maximum atomic E-state index is 12.4. The first-order chi connectivity index (χ1) is 12.1. The van der Waals surface area contributed by atoms with Crippen LogP contribution in [-0.4, -0.2) is 29.5 Å². The highest BCUT2D eigenvalue weighted by Crippen LogP contribution is 2.32. The number of aromatic amines is 2. The molecular weight excluding hydrogens is 320 g/mol. The molecule has 0 fully saturated rings. The summed E-state index contributed by atoms with van der Waals surface area (Å²) < 4.78 is 10.9. The fraction of sp³-hybridized carbons (Fsp3) is 0.158. The number of ether oxygens (including phenoxy) is 2. The quantitative estimate of drug-likeness (QED) is 0.534. The van der Waals surface area contributed by atoms with Crippen LogP contribution < -0.4 is 15.2 Å². The van der Waals surface area contributed by atoms with Crippen molar-refractivity contribution in [1.82, 2.24) is 9.97 Å². The minimum atomic E-state index is -0.299. The second-order valence-electron chi connectivity index (χ2n) is 5.35. The highest BCUT2D eigenvalue weighted by molar-refractivity contribution is 6.08. The Kier molecular flexibility index (Phi) is 4.70. The molecule has 1 heterocycles. The number of aromatic nitrogens is 2. The Labute approximate surface area is 144 Å². The molecule has 25 heavy (non-hydrogen) atoms. The summed E-state index contributed by atoms with van der Waals surface area (Å²) in [5.41, 5.74) is 2.20. The lowest BCUT2D eigenvalue weighted by atomic mass is 10.1. The van der Waals surface area contributed by atoms with Crippen LogP contribution in [0.2, 0.25) is 0 Å². The van der Waals surface area contributed by atoms with E-state index >= 15 is 0 Å². The number of nitrogens with one attached hydrogen (secondary N) is 2. The molecule has 2 aromatic carbocycles. The molecule has 0 bridgehead atoms. The topological polar surface area (TPSA) is 84.2 Å². The van der Waals surface area contributed by atoms with Gasteiger partial charge in [0.15, 0.2) is 17.3 Å². The van der Waals surface area contributed by atoms with Gasteiger partial charge in [0.2, 0.25) is 0 Å². The van der Waals surface area contributed by atoms with Crippen LogP contribution in [0, 0.1) is 0 Å². The number of para-hydroxylation sites is 1. The number of H-pyrrole nitrogens is 2. The van der Waals surface area contributed by atoms with Crippen molar-refractivity contribution in [2.24, 2.45) is 0 Å². The number of methoxy groups -OCH3 is 1. The smallest absolute Gasteiger partial charge is 0.323 e. The molecule has 0 aliphatic carbocycles. The summed E-state index contributed by atoms with van der Waals surface area (Å²) in [6.07, 6.45) is 3.16. The Bertz CT molecular complexity index is 998. The third-order valence-corrected chi connectivity index (χ3v) is 3.73. The molecule has 128 valence electrons. The number of hydrogen-bond donors (Lipinski definition) is 2. The van der Waals surface area contributed by atoms with E-state index in [1.807, 2.05) is 25.1 Å². The van der Waals surface area contributed by atoms with Crippen LogP contribution >= 0.6 is 0 Å². The Morgan fingerprint density at radius 1 is 1.16 bits per heavy atom. The van der Waals surface area contributed by atoms with Gasteiger partial charge in [-0.1, -0.05) is 12.1 Å². The summed E-state index contributed by atoms with van der Waals surface area (Å²) in [7, 11) is 1.56. The van der Waals surface area contributed by atoms with Crippen LogP contribution in [0.25, 0.3) is 17.1 Å². The first-order valence-corrected chi connectivity index (χ1v) is 7.86. The van der Waals surface area contributed by atoms with Crippen LogP contribution in [0.15, 0.2) is 47.3 Å². The minimum absolute atomic E-state index is 0.173. The lowest BCUT2D eigenvalue weighted by Crippen LogP contribution is -1.99. The van der Waals surface area contributed by atoms with E-state index in [4.69, 9.17) is 9.47 Å². The normalized spacial score (nSPS) is 11.1. The van der Waals surface area contributed by atoms with Gasteiger partial charge in [0.25, 0.3) is 0 Å². The first-order valence-electron chi connectivity index (χ1n) is 7.86. The van der Waals surface area contributed by atoms with E-state index in [1.165, 1.54) is 6.08 Å². The SMILES string of the molecule is CCOc1cccc(C=CC(=O)c2ccc3[nH]c(=O)[nH]c3c2)c1OC. The van der Waals surface area contributed by atoms with Crippen LogP contribution in [0.4, 0.5) is 0 Å². The van der Waals surface area contributed by atoms with E-state index in [9.17, 15) is 9.59 Å². The molecule has 0 atom stereocenters. The van der Waals surface area contributed by atoms with Gasteiger partial charge in [-0.25, -0.2) is 4.79 Å². The van der Waals surface area contributed by atoms with Gasteiger partial charge < -0.3 is 19.4 Å². The van der Waals surface area contributed by atoms with Crippen molar-refractivity contribution in [2.45, 2.75) is 6.92 Å². The molecule has 0 amide bonds. The van der Waals surface area contributed by atoms with Crippen molar-refractivity contribution in [1.29, 1.82) is 0 Å². The Morgan fingerprint density at radius 2 is 1.96 bits per heavy atom. The Balaban J connectivity index is 1.88. The summed E-state index contributed by atoms with van der Waals surface area (Å²) in [6.45, 7) is 2.42. The van der Waals surface area contributed by atoms with E-state index in [1.54, 1.807) is 31.4 Å². The molecule has 0 saturated heterocycles. The van der Waals surface area contributed by atoms with Gasteiger partial charge in [-0.2, -0.15) is 0 Å². The van der Waals surface area contributed by atoms with Crippen molar-refractivity contribution in [3.05, 3.63) is 64.1 Å². The number of imidazole rings is 1. The molecule has 0 unspecified atom stereocenters. The molecule has 0 spiro atoms. The van der Waals surface area contributed by atoms with Gasteiger partial charge in [0, 0.05) is 11.1 Å². The van der Waals surface area contributed by atoms with E-state index in [0.29, 0.717) is 34.7 Å². The fourth-order valence-corrected chi connectivity index (χ4v) is 2.60. The zero-order valence-corrected chi connectivity index (χ0v) is 14.0. The number of allylic oxidation sites excluding steroid dienone is 1. The molecule has 6 heteroatoms. The number of benzene rings is 2. The van der Waals surface area contributed by atoms with Crippen LogP contribution in [0.1, 0.15) is 22.8 Å². The molecule has 0 aliphatic rings. The first kappa shape index (κ1) is 16.6. The van der Waals surface area contributed by atoms with Crippen molar-refractivity contribution >= 4 is 22.9 Å². The number of hydrogen-bond acceptors (Lipinski definition) is 4. The van der Waals surface area contributed by atoms with Gasteiger partial charge in [0.05, 0.1) is 24.8 Å². The van der Waals surface area contributed by atoms with E-state index < -0.39 is 0 Å². The monoisotopic (exact) mass is 338 g/mol. The maximum absolute atomic E-state index is 12.4. The number of carbonyl (C=O) groups excluding carboxylic acids is 1. The van der Waals surface area contributed by atoms with Crippen molar-refractivity contribution in [2.75, 3.05) is 13.7 Å². The van der Waals surface area contributed by atoms with Crippen molar-refractivity contribution in [3.8, 4) is 11.5 Å². The molecule has 0 radical (unpaired) electrons. The zero-order chi connectivity index (χ0) is 17.8. The predicted octanol–water partition coefficient (Wildman–Crippen LogP) is 3.16. The van der Waals surface area contributed by atoms with E-state index in [0.717, 1.165) is 5.56 Å². The molecule has 6 nitrogen and oxygen atoms in total. The van der Waals surface area contributed by atoms with Gasteiger partial charge in [-0.05, 0) is 43.3 Å². The van der Waals surface area contributed by atoms with Gasteiger partial charge >= 0.3 is 5.69 Å². The summed E-state index contributed by atoms with van der Waals surface area (Å²) in [5, 5.41) is 0. The maximum Gasteiger partial charge on any atom is 0.323 e. The number of carbonyl (C=O) groups is 1. The molecule has 3 rings (SSSR count). The van der Waals surface area contributed by atoms with E-state index in [-0.39, 0.29) is 11.5 Å².